The normalized spacial score (nSPS) is 15.4. The van der Waals surface area contributed by atoms with E-state index in [1.807, 2.05) is 16.6 Å². The molecule has 1 aliphatic rings. The molecule has 0 radical (unpaired) electrons. The van der Waals surface area contributed by atoms with E-state index in [-0.39, 0.29) is 5.04 Å². The van der Waals surface area contributed by atoms with Gasteiger partial charge in [-0.15, -0.1) is 5.10 Å². The van der Waals surface area contributed by atoms with Crippen LogP contribution in [0.4, 0.5) is 5.82 Å². The summed E-state index contributed by atoms with van der Waals surface area (Å²) in [6.45, 7) is 17.0. The molecule has 0 bridgehead atoms. The van der Waals surface area contributed by atoms with Crippen LogP contribution < -0.4 is 4.90 Å². The summed E-state index contributed by atoms with van der Waals surface area (Å²) in [5.74, 6) is 0.957. The highest BCUT2D eigenvalue weighted by Gasteiger charge is 2.37. The van der Waals surface area contributed by atoms with Gasteiger partial charge in [-0.2, -0.15) is 0 Å². The number of aromatic nitrogens is 3. The van der Waals surface area contributed by atoms with Crippen LogP contribution in [0.15, 0.2) is 24.3 Å². The number of anilines is 1. The number of benzene rings is 1. The third-order valence-corrected chi connectivity index (χ3v) is 12.8. The Balaban J connectivity index is 1.80. The van der Waals surface area contributed by atoms with Gasteiger partial charge in [-0.3, -0.25) is 0 Å². The number of hydrogen-bond acceptors (Lipinski definition) is 5. The first-order valence-corrected chi connectivity index (χ1v) is 16.1. The summed E-state index contributed by atoms with van der Waals surface area (Å²) < 4.78 is 15.3. The molecule has 0 aliphatic carbocycles. The maximum Gasteiger partial charge on any atom is 0.192 e. The molecule has 3 aromatic rings. The lowest BCUT2D eigenvalue weighted by Gasteiger charge is -2.36. The molecule has 0 unspecified atom stereocenters. The van der Waals surface area contributed by atoms with E-state index in [0.717, 1.165) is 63.3 Å². The molecule has 6 nitrogen and oxygen atoms in total. The van der Waals surface area contributed by atoms with Gasteiger partial charge in [0.25, 0.3) is 0 Å². The van der Waals surface area contributed by atoms with Crippen molar-refractivity contribution in [2.24, 2.45) is 0 Å². The van der Waals surface area contributed by atoms with E-state index in [4.69, 9.17) is 30.8 Å². The number of hydrogen-bond donors (Lipinski definition) is 0. The molecule has 9 heteroatoms. The third-order valence-electron chi connectivity index (χ3n) is 7.15. The van der Waals surface area contributed by atoms with Gasteiger partial charge in [0.15, 0.2) is 19.8 Å². The zero-order chi connectivity index (χ0) is 24.7. The molecule has 3 heterocycles. The molecule has 34 heavy (non-hydrogen) atoms. The van der Waals surface area contributed by atoms with Gasteiger partial charge < -0.3 is 14.1 Å². The Morgan fingerprint density at radius 1 is 1.21 bits per heavy atom. The van der Waals surface area contributed by atoms with Crippen LogP contribution in [-0.4, -0.2) is 49.2 Å². The fourth-order valence-corrected chi connectivity index (χ4v) is 5.54. The van der Waals surface area contributed by atoms with E-state index >= 15 is 0 Å². The fourth-order valence-electron chi connectivity index (χ4n) is 3.79. The quantitative estimate of drug-likeness (QED) is 0.244. The summed E-state index contributed by atoms with van der Waals surface area (Å²) in [6.07, 6.45) is 0.694. The van der Waals surface area contributed by atoms with Gasteiger partial charge in [-0.1, -0.05) is 44.5 Å². The summed E-state index contributed by atoms with van der Waals surface area (Å²) in [5.41, 5.74) is 5.16. The minimum absolute atomic E-state index is 0.131. The van der Waals surface area contributed by atoms with Crippen LogP contribution in [0.3, 0.4) is 0 Å². The lowest BCUT2D eigenvalue weighted by Crippen LogP contribution is -2.40. The van der Waals surface area contributed by atoms with Gasteiger partial charge in [-0.25, -0.2) is 9.50 Å². The van der Waals surface area contributed by atoms with Gasteiger partial charge in [-0.05, 0) is 70.9 Å². The molecular formula is C25H34ClIN4O2Si. The van der Waals surface area contributed by atoms with Crippen molar-refractivity contribution in [1.82, 2.24) is 14.6 Å². The van der Waals surface area contributed by atoms with Crippen molar-refractivity contribution in [3.63, 3.8) is 0 Å². The van der Waals surface area contributed by atoms with E-state index < -0.39 is 8.32 Å². The van der Waals surface area contributed by atoms with Crippen molar-refractivity contribution in [2.45, 2.75) is 58.9 Å². The Hall–Kier alpha value is -1.20. The summed E-state index contributed by atoms with van der Waals surface area (Å²) in [7, 11) is -1.94. The highest BCUT2D eigenvalue weighted by atomic mass is 127. The Labute approximate surface area is 222 Å². The Kier molecular flexibility index (Phi) is 7.64. The second-order valence-electron chi connectivity index (χ2n) is 10.4. The molecule has 0 saturated carbocycles. The standard InChI is InChI=1S/C25H34ClIN4O2Si/c1-17-18(8-7-9-19(17)26)14-22-21(16-33-34(5,6)25(2,3)4)28-24-20(27)15-23(29-31(22)24)30-10-12-32-13-11-30/h7-9,15H,10-14,16H2,1-6H3. The highest BCUT2D eigenvalue weighted by molar-refractivity contribution is 14.1. The van der Waals surface area contributed by atoms with E-state index in [1.54, 1.807) is 0 Å². The topological polar surface area (TPSA) is 51.9 Å². The molecule has 1 aromatic carbocycles. The van der Waals surface area contributed by atoms with Crippen LogP contribution in [0.1, 0.15) is 43.3 Å². The largest absolute Gasteiger partial charge is 0.411 e. The van der Waals surface area contributed by atoms with Gasteiger partial charge >= 0.3 is 0 Å². The van der Waals surface area contributed by atoms with Crippen LogP contribution in [0, 0.1) is 10.5 Å². The number of imidazole rings is 1. The summed E-state index contributed by atoms with van der Waals surface area (Å²) in [4.78, 5) is 7.33. The maximum atomic E-state index is 6.61. The smallest absolute Gasteiger partial charge is 0.192 e. The predicted molar refractivity (Wildman–Crippen MR) is 150 cm³/mol. The molecule has 1 aliphatic heterocycles. The average molecular weight is 613 g/mol. The molecule has 4 rings (SSSR count). The van der Waals surface area contributed by atoms with E-state index in [2.05, 4.69) is 80.4 Å². The van der Waals surface area contributed by atoms with E-state index in [9.17, 15) is 0 Å². The first kappa shape index (κ1) is 25.9. The monoisotopic (exact) mass is 612 g/mol. The molecule has 184 valence electrons. The molecule has 0 N–H and O–H groups in total. The average Bonchev–Trinajstić information content (AvgIpc) is 3.13. The van der Waals surface area contributed by atoms with Crippen LogP contribution in [0.2, 0.25) is 23.2 Å². The zero-order valence-electron chi connectivity index (χ0n) is 20.9. The van der Waals surface area contributed by atoms with Crippen molar-refractivity contribution in [3.05, 3.63) is 55.4 Å². The number of rotatable bonds is 6. The Morgan fingerprint density at radius 3 is 2.59 bits per heavy atom. The van der Waals surface area contributed by atoms with E-state index in [1.165, 1.54) is 5.56 Å². The second kappa shape index (κ2) is 10.0. The summed E-state index contributed by atoms with van der Waals surface area (Å²) >= 11 is 8.83. The first-order valence-electron chi connectivity index (χ1n) is 11.8. The van der Waals surface area contributed by atoms with Crippen LogP contribution in [0.5, 0.6) is 0 Å². The number of morpholine rings is 1. The number of ether oxygens (including phenoxy) is 1. The number of halogens is 2. The number of fused-ring (bicyclic) bond motifs is 1. The zero-order valence-corrected chi connectivity index (χ0v) is 24.8. The summed E-state index contributed by atoms with van der Waals surface area (Å²) in [6, 6.07) is 8.21. The first-order chi connectivity index (χ1) is 16.0. The molecule has 0 amide bonds. The van der Waals surface area contributed by atoms with Crippen LogP contribution >= 0.6 is 34.2 Å². The molecule has 0 spiro atoms. The molecule has 1 fully saturated rings. The lowest BCUT2D eigenvalue weighted by atomic mass is 10.0. The van der Waals surface area contributed by atoms with Crippen LogP contribution in [0.25, 0.3) is 5.65 Å². The lowest BCUT2D eigenvalue weighted by molar-refractivity contribution is 0.122. The predicted octanol–water partition coefficient (Wildman–Crippen LogP) is 6.24. The number of nitrogens with zero attached hydrogens (tertiary/aromatic N) is 4. The Morgan fingerprint density at radius 2 is 1.91 bits per heavy atom. The highest BCUT2D eigenvalue weighted by Crippen LogP contribution is 2.37. The molecule has 0 atom stereocenters. The van der Waals surface area contributed by atoms with Crippen molar-refractivity contribution < 1.29 is 9.16 Å². The molecule has 1 saturated heterocycles. The van der Waals surface area contributed by atoms with Gasteiger partial charge in [0, 0.05) is 24.5 Å². The van der Waals surface area contributed by atoms with Crippen molar-refractivity contribution in [3.8, 4) is 0 Å². The SMILES string of the molecule is Cc1c(Cl)cccc1Cc1c(CO[Si](C)(C)C(C)(C)C)nc2c(I)cc(N3CCOCC3)nn12. The van der Waals surface area contributed by atoms with Crippen molar-refractivity contribution in [1.29, 1.82) is 0 Å². The van der Waals surface area contributed by atoms with Gasteiger partial charge in [0.05, 0.1) is 34.8 Å². The third kappa shape index (κ3) is 5.30. The fraction of sp³-hybridized carbons (Fsp3) is 0.520. The molecule has 2 aromatic heterocycles. The van der Waals surface area contributed by atoms with Crippen molar-refractivity contribution in [2.75, 3.05) is 31.2 Å². The Bertz CT molecular complexity index is 1190. The summed E-state index contributed by atoms with van der Waals surface area (Å²) in [5, 5.41) is 5.97. The minimum atomic E-state index is -1.94. The van der Waals surface area contributed by atoms with Gasteiger partial charge in [0.1, 0.15) is 0 Å². The van der Waals surface area contributed by atoms with E-state index in [0.29, 0.717) is 13.0 Å². The van der Waals surface area contributed by atoms with Gasteiger partial charge in [0.2, 0.25) is 0 Å². The minimum Gasteiger partial charge on any atom is -0.411 e. The second-order valence-corrected chi connectivity index (χ2v) is 16.8. The van der Waals surface area contributed by atoms with Crippen LogP contribution in [-0.2, 0) is 22.2 Å². The van der Waals surface area contributed by atoms with Crippen molar-refractivity contribution >= 4 is 54.0 Å². The molecular weight excluding hydrogens is 579 g/mol. The maximum absolute atomic E-state index is 6.61.